The van der Waals surface area contributed by atoms with Crippen molar-refractivity contribution in [1.29, 1.82) is 0 Å². The Labute approximate surface area is 97.2 Å². The summed E-state index contributed by atoms with van der Waals surface area (Å²) in [6, 6.07) is 7.69. The van der Waals surface area contributed by atoms with Crippen LogP contribution in [0.5, 0.6) is 5.75 Å². The lowest BCUT2D eigenvalue weighted by atomic mass is 10.1. The first-order valence-corrected chi connectivity index (χ1v) is 5.60. The van der Waals surface area contributed by atoms with Crippen LogP contribution >= 0.6 is 0 Å². The Balaban J connectivity index is 2.60. The maximum Gasteiger partial charge on any atom is 0.124 e. The minimum Gasteiger partial charge on any atom is -0.493 e. The molecular weight excluding hydrogens is 202 g/mol. The number of ether oxygens (including phenoxy) is 1. The molecule has 0 amide bonds. The molecule has 3 N–H and O–H groups in total. The minimum absolute atomic E-state index is 0.0432. The van der Waals surface area contributed by atoms with Crippen molar-refractivity contribution in [2.45, 2.75) is 38.8 Å². The summed E-state index contributed by atoms with van der Waals surface area (Å²) < 4.78 is 5.63. The average molecular weight is 223 g/mol. The molecule has 0 unspecified atom stereocenters. The SMILES string of the molecule is C[C@@H](N)c1ccccc1OCCC(C)(C)O. The number of benzene rings is 1. The molecular formula is C13H21NO2. The van der Waals surface area contributed by atoms with Crippen molar-refractivity contribution >= 4 is 0 Å². The van der Waals surface area contributed by atoms with Gasteiger partial charge in [-0.3, -0.25) is 0 Å². The van der Waals surface area contributed by atoms with E-state index in [2.05, 4.69) is 0 Å². The Hall–Kier alpha value is -1.06. The van der Waals surface area contributed by atoms with Crippen LogP contribution in [0.3, 0.4) is 0 Å². The van der Waals surface area contributed by atoms with Crippen molar-refractivity contribution in [2.75, 3.05) is 6.61 Å². The van der Waals surface area contributed by atoms with Crippen LogP contribution in [0.25, 0.3) is 0 Å². The third-order valence-electron chi connectivity index (χ3n) is 2.38. The molecule has 0 aliphatic rings. The first-order chi connectivity index (χ1) is 7.40. The van der Waals surface area contributed by atoms with Crippen LogP contribution in [-0.2, 0) is 0 Å². The molecule has 0 aliphatic heterocycles. The van der Waals surface area contributed by atoms with Crippen LogP contribution in [0.4, 0.5) is 0 Å². The first-order valence-electron chi connectivity index (χ1n) is 5.60. The van der Waals surface area contributed by atoms with E-state index in [-0.39, 0.29) is 6.04 Å². The van der Waals surface area contributed by atoms with Gasteiger partial charge in [0.2, 0.25) is 0 Å². The summed E-state index contributed by atoms with van der Waals surface area (Å²) >= 11 is 0. The largest absolute Gasteiger partial charge is 0.493 e. The van der Waals surface area contributed by atoms with Crippen LogP contribution in [0.15, 0.2) is 24.3 Å². The molecule has 0 aliphatic carbocycles. The lowest BCUT2D eigenvalue weighted by molar-refractivity contribution is 0.0552. The molecule has 1 rings (SSSR count). The molecule has 0 saturated carbocycles. The smallest absolute Gasteiger partial charge is 0.124 e. The number of aliphatic hydroxyl groups is 1. The van der Waals surface area contributed by atoms with Crippen molar-refractivity contribution in [3.63, 3.8) is 0 Å². The van der Waals surface area contributed by atoms with E-state index in [1.807, 2.05) is 31.2 Å². The molecule has 90 valence electrons. The van der Waals surface area contributed by atoms with Crippen LogP contribution in [0.2, 0.25) is 0 Å². The number of hydrogen-bond acceptors (Lipinski definition) is 3. The van der Waals surface area contributed by atoms with Gasteiger partial charge >= 0.3 is 0 Å². The summed E-state index contributed by atoms with van der Waals surface area (Å²) in [6.07, 6.45) is 0.598. The fourth-order valence-corrected chi connectivity index (χ4v) is 1.40. The Bertz CT molecular complexity index is 329. The minimum atomic E-state index is -0.691. The van der Waals surface area contributed by atoms with Crippen molar-refractivity contribution in [3.8, 4) is 5.75 Å². The number of para-hydroxylation sites is 1. The lowest BCUT2D eigenvalue weighted by Crippen LogP contribution is -2.22. The zero-order valence-corrected chi connectivity index (χ0v) is 10.2. The second-order valence-electron chi connectivity index (χ2n) is 4.74. The maximum absolute atomic E-state index is 9.57. The fraction of sp³-hybridized carbons (Fsp3) is 0.538. The topological polar surface area (TPSA) is 55.5 Å². The first kappa shape index (κ1) is 13.0. The molecule has 16 heavy (non-hydrogen) atoms. The molecule has 3 heteroatoms. The summed E-state index contributed by atoms with van der Waals surface area (Å²) in [7, 11) is 0. The van der Waals surface area contributed by atoms with Crippen LogP contribution in [-0.4, -0.2) is 17.3 Å². The molecule has 1 aromatic rings. The van der Waals surface area contributed by atoms with E-state index in [1.54, 1.807) is 13.8 Å². The highest BCUT2D eigenvalue weighted by Crippen LogP contribution is 2.23. The van der Waals surface area contributed by atoms with E-state index in [0.717, 1.165) is 11.3 Å². The molecule has 0 aromatic heterocycles. The third-order valence-corrected chi connectivity index (χ3v) is 2.38. The van der Waals surface area contributed by atoms with E-state index in [0.29, 0.717) is 13.0 Å². The van der Waals surface area contributed by atoms with Gasteiger partial charge in [0.25, 0.3) is 0 Å². The quantitative estimate of drug-likeness (QED) is 0.805. The van der Waals surface area contributed by atoms with Gasteiger partial charge in [0.15, 0.2) is 0 Å². The van der Waals surface area contributed by atoms with Gasteiger partial charge in [-0.1, -0.05) is 18.2 Å². The summed E-state index contributed by atoms with van der Waals surface area (Å²) in [5.74, 6) is 0.807. The lowest BCUT2D eigenvalue weighted by Gasteiger charge is -2.19. The fourth-order valence-electron chi connectivity index (χ4n) is 1.40. The van der Waals surface area contributed by atoms with E-state index >= 15 is 0 Å². The normalized spacial score (nSPS) is 13.6. The van der Waals surface area contributed by atoms with E-state index < -0.39 is 5.60 Å². The highest BCUT2D eigenvalue weighted by molar-refractivity contribution is 5.35. The number of hydrogen-bond donors (Lipinski definition) is 2. The van der Waals surface area contributed by atoms with E-state index in [9.17, 15) is 5.11 Å². The van der Waals surface area contributed by atoms with Gasteiger partial charge in [0, 0.05) is 18.0 Å². The van der Waals surface area contributed by atoms with Gasteiger partial charge in [0.1, 0.15) is 5.75 Å². The van der Waals surface area contributed by atoms with E-state index in [4.69, 9.17) is 10.5 Å². The second kappa shape index (κ2) is 5.32. The molecule has 1 aromatic carbocycles. The van der Waals surface area contributed by atoms with Gasteiger partial charge < -0.3 is 15.6 Å². The predicted molar refractivity (Wildman–Crippen MR) is 65.5 cm³/mol. The summed E-state index contributed by atoms with van der Waals surface area (Å²) in [5.41, 5.74) is 6.15. The van der Waals surface area contributed by atoms with Gasteiger partial charge in [-0.25, -0.2) is 0 Å². The molecule has 0 fully saturated rings. The summed E-state index contributed by atoms with van der Waals surface area (Å²) in [4.78, 5) is 0. The van der Waals surface area contributed by atoms with Crippen molar-refractivity contribution in [2.24, 2.45) is 5.73 Å². The number of rotatable bonds is 5. The Morgan fingerprint density at radius 2 is 2.00 bits per heavy atom. The molecule has 0 saturated heterocycles. The highest BCUT2D eigenvalue weighted by atomic mass is 16.5. The van der Waals surface area contributed by atoms with Crippen molar-refractivity contribution in [3.05, 3.63) is 29.8 Å². The molecule has 0 spiro atoms. The third kappa shape index (κ3) is 4.21. The molecule has 3 nitrogen and oxygen atoms in total. The van der Waals surface area contributed by atoms with Crippen LogP contribution < -0.4 is 10.5 Å². The zero-order valence-electron chi connectivity index (χ0n) is 10.2. The highest BCUT2D eigenvalue weighted by Gasteiger charge is 2.13. The average Bonchev–Trinajstić information content (AvgIpc) is 2.16. The van der Waals surface area contributed by atoms with Crippen molar-refractivity contribution < 1.29 is 9.84 Å². The standard InChI is InChI=1S/C13H21NO2/c1-10(14)11-6-4-5-7-12(11)16-9-8-13(2,3)15/h4-7,10,15H,8-9,14H2,1-3H3/t10-/m1/s1. The van der Waals surface area contributed by atoms with Gasteiger partial charge in [-0.2, -0.15) is 0 Å². The Morgan fingerprint density at radius 3 is 2.56 bits per heavy atom. The Kier molecular flexibility index (Phi) is 4.33. The molecule has 0 radical (unpaired) electrons. The van der Waals surface area contributed by atoms with Gasteiger partial charge in [-0.15, -0.1) is 0 Å². The van der Waals surface area contributed by atoms with Gasteiger partial charge in [0.05, 0.1) is 12.2 Å². The monoisotopic (exact) mass is 223 g/mol. The maximum atomic E-state index is 9.57. The van der Waals surface area contributed by atoms with E-state index in [1.165, 1.54) is 0 Å². The second-order valence-corrected chi connectivity index (χ2v) is 4.74. The zero-order chi connectivity index (χ0) is 12.2. The van der Waals surface area contributed by atoms with Crippen LogP contribution in [0.1, 0.15) is 38.8 Å². The van der Waals surface area contributed by atoms with Crippen molar-refractivity contribution in [1.82, 2.24) is 0 Å². The molecule has 0 bridgehead atoms. The molecule has 1 atom stereocenters. The Morgan fingerprint density at radius 1 is 1.38 bits per heavy atom. The predicted octanol–water partition coefficient (Wildman–Crippen LogP) is 2.25. The number of nitrogens with two attached hydrogens (primary N) is 1. The van der Waals surface area contributed by atoms with Gasteiger partial charge in [-0.05, 0) is 26.8 Å². The molecule has 0 heterocycles. The summed E-state index contributed by atoms with van der Waals surface area (Å²) in [6.45, 7) is 5.97. The summed E-state index contributed by atoms with van der Waals surface area (Å²) in [5, 5.41) is 9.57. The van der Waals surface area contributed by atoms with Crippen LogP contribution in [0, 0.1) is 0 Å².